The van der Waals surface area contributed by atoms with Crippen molar-refractivity contribution in [2.75, 3.05) is 0 Å². The van der Waals surface area contributed by atoms with Gasteiger partial charge in [0.2, 0.25) is 5.60 Å². The van der Waals surface area contributed by atoms with Gasteiger partial charge in [-0.3, -0.25) is 0 Å². The van der Waals surface area contributed by atoms with Gasteiger partial charge in [-0.15, -0.1) is 0 Å². The van der Waals surface area contributed by atoms with E-state index in [4.69, 9.17) is 9.47 Å². The number of hydrogen-bond donors (Lipinski definition) is 0. The van der Waals surface area contributed by atoms with Gasteiger partial charge in [-0.1, -0.05) is 30.3 Å². The summed E-state index contributed by atoms with van der Waals surface area (Å²) in [6.45, 7) is 3.73. The van der Waals surface area contributed by atoms with Crippen LogP contribution in [0, 0.1) is 0 Å². The molecular formula is C15H18O3. The molecule has 18 heavy (non-hydrogen) atoms. The van der Waals surface area contributed by atoms with Gasteiger partial charge in [0.05, 0.1) is 6.10 Å². The molecule has 0 bridgehead atoms. The van der Waals surface area contributed by atoms with E-state index in [1.807, 2.05) is 44.2 Å². The average Bonchev–Trinajstić information content (AvgIpc) is 3.01. The molecule has 3 heteroatoms. The second kappa shape index (κ2) is 3.82. The number of rotatable bonds is 3. The molecular weight excluding hydrogens is 228 g/mol. The van der Waals surface area contributed by atoms with Crippen molar-refractivity contribution in [1.29, 1.82) is 0 Å². The normalized spacial score (nSPS) is 27.9. The molecule has 96 valence electrons. The summed E-state index contributed by atoms with van der Waals surface area (Å²) in [6, 6.07) is 9.73. The second-order valence-electron chi connectivity index (χ2n) is 5.45. The van der Waals surface area contributed by atoms with Gasteiger partial charge in [-0.25, -0.2) is 4.79 Å². The van der Waals surface area contributed by atoms with Crippen molar-refractivity contribution in [2.24, 2.45) is 0 Å². The molecule has 1 saturated carbocycles. The van der Waals surface area contributed by atoms with Crippen molar-refractivity contribution in [1.82, 2.24) is 0 Å². The Hall–Kier alpha value is -1.35. The van der Waals surface area contributed by atoms with Crippen LogP contribution >= 0.6 is 0 Å². The third-order valence-electron chi connectivity index (χ3n) is 3.92. The Labute approximate surface area is 107 Å². The molecule has 0 N–H and O–H groups in total. The highest BCUT2D eigenvalue weighted by Gasteiger charge is 2.78. The third-order valence-corrected chi connectivity index (χ3v) is 3.92. The quantitative estimate of drug-likeness (QED) is 0.608. The smallest absolute Gasteiger partial charge is 0.346 e. The Kier molecular flexibility index (Phi) is 2.49. The monoisotopic (exact) mass is 246 g/mol. The molecule has 0 radical (unpaired) electrons. The standard InChI is InChI=1S/C15H18O3/c1-11(2)17-13(16)15(12-7-4-3-5-8-12)14(18-15)9-6-10-14/h3-5,7-8,11H,6,9-10H2,1-2H3. The van der Waals surface area contributed by atoms with Gasteiger partial charge in [-0.05, 0) is 38.7 Å². The van der Waals surface area contributed by atoms with E-state index in [1.165, 1.54) is 0 Å². The first-order valence-electron chi connectivity index (χ1n) is 6.57. The molecule has 3 nitrogen and oxygen atoms in total. The van der Waals surface area contributed by atoms with E-state index in [-0.39, 0.29) is 17.7 Å². The fourth-order valence-electron chi connectivity index (χ4n) is 2.86. The summed E-state index contributed by atoms with van der Waals surface area (Å²) >= 11 is 0. The summed E-state index contributed by atoms with van der Waals surface area (Å²) < 4.78 is 11.3. The number of hydrogen-bond acceptors (Lipinski definition) is 3. The predicted octanol–water partition coefficient (Wildman–Crippen LogP) is 2.79. The summed E-state index contributed by atoms with van der Waals surface area (Å²) in [4.78, 5) is 12.4. The van der Waals surface area contributed by atoms with Crippen LogP contribution in [0.5, 0.6) is 0 Å². The van der Waals surface area contributed by atoms with Crippen LogP contribution in [0.1, 0.15) is 38.7 Å². The van der Waals surface area contributed by atoms with Crippen LogP contribution in [0.4, 0.5) is 0 Å². The average molecular weight is 246 g/mol. The van der Waals surface area contributed by atoms with Gasteiger partial charge >= 0.3 is 5.97 Å². The van der Waals surface area contributed by atoms with Crippen LogP contribution in [0.15, 0.2) is 30.3 Å². The van der Waals surface area contributed by atoms with Crippen molar-refractivity contribution in [3.05, 3.63) is 35.9 Å². The van der Waals surface area contributed by atoms with Gasteiger partial charge in [0.15, 0.2) is 0 Å². The SMILES string of the molecule is CC(C)OC(=O)C1(c2ccccc2)OC12CCC2. The number of ether oxygens (including phenoxy) is 2. The van der Waals surface area contributed by atoms with Crippen LogP contribution in [0.2, 0.25) is 0 Å². The van der Waals surface area contributed by atoms with E-state index in [2.05, 4.69) is 0 Å². The van der Waals surface area contributed by atoms with Crippen molar-refractivity contribution >= 4 is 5.97 Å². The lowest BCUT2D eigenvalue weighted by molar-refractivity contribution is -0.154. The molecule has 1 atom stereocenters. The predicted molar refractivity (Wildman–Crippen MR) is 67.0 cm³/mol. The Bertz CT molecular complexity index is 462. The lowest BCUT2D eigenvalue weighted by Crippen LogP contribution is -2.38. The van der Waals surface area contributed by atoms with Gasteiger partial charge < -0.3 is 9.47 Å². The van der Waals surface area contributed by atoms with E-state index in [9.17, 15) is 4.79 Å². The summed E-state index contributed by atoms with van der Waals surface area (Å²) in [5, 5.41) is 0. The van der Waals surface area contributed by atoms with E-state index >= 15 is 0 Å². The summed E-state index contributed by atoms with van der Waals surface area (Å²) in [7, 11) is 0. The Morgan fingerprint density at radius 1 is 1.28 bits per heavy atom. The third kappa shape index (κ3) is 1.43. The maximum atomic E-state index is 12.4. The zero-order valence-electron chi connectivity index (χ0n) is 10.8. The Morgan fingerprint density at radius 3 is 2.39 bits per heavy atom. The number of carbonyl (C=O) groups excluding carboxylic acids is 1. The maximum absolute atomic E-state index is 12.4. The van der Waals surface area contributed by atoms with Crippen LogP contribution in [0.3, 0.4) is 0 Å². The van der Waals surface area contributed by atoms with Crippen molar-refractivity contribution in [2.45, 2.75) is 50.4 Å². The molecule has 1 aromatic rings. The highest BCUT2D eigenvalue weighted by Crippen LogP contribution is 2.66. The van der Waals surface area contributed by atoms with Crippen molar-refractivity contribution < 1.29 is 14.3 Å². The zero-order valence-corrected chi connectivity index (χ0v) is 10.8. The minimum Gasteiger partial charge on any atom is -0.460 e. The van der Waals surface area contributed by atoms with Gasteiger partial charge in [0.1, 0.15) is 5.60 Å². The summed E-state index contributed by atoms with van der Waals surface area (Å²) in [5.74, 6) is -0.233. The summed E-state index contributed by atoms with van der Waals surface area (Å²) in [6.07, 6.45) is 2.92. The molecule has 2 aliphatic rings. The van der Waals surface area contributed by atoms with Gasteiger partial charge in [-0.2, -0.15) is 0 Å². The fraction of sp³-hybridized carbons (Fsp3) is 0.533. The largest absolute Gasteiger partial charge is 0.460 e. The fourth-order valence-corrected chi connectivity index (χ4v) is 2.86. The zero-order chi connectivity index (χ0) is 12.8. The first-order valence-corrected chi connectivity index (χ1v) is 6.57. The highest BCUT2D eigenvalue weighted by atomic mass is 16.7. The number of carbonyl (C=O) groups is 1. The molecule has 1 saturated heterocycles. The lowest BCUT2D eigenvalue weighted by Gasteiger charge is -2.26. The number of benzene rings is 1. The topological polar surface area (TPSA) is 38.8 Å². The number of epoxide rings is 1. The molecule has 1 spiro atoms. The molecule has 0 amide bonds. The molecule has 1 aliphatic carbocycles. The van der Waals surface area contributed by atoms with Gasteiger partial charge in [0.25, 0.3) is 0 Å². The molecule has 3 rings (SSSR count). The lowest BCUT2D eigenvalue weighted by atomic mass is 9.73. The first-order chi connectivity index (χ1) is 8.61. The van der Waals surface area contributed by atoms with Crippen LogP contribution in [-0.2, 0) is 19.9 Å². The van der Waals surface area contributed by atoms with Crippen molar-refractivity contribution in [3.8, 4) is 0 Å². The van der Waals surface area contributed by atoms with Crippen LogP contribution in [0.25, 0.3) is 0 Å². The van der Waals surface area contributed by atoms with Gasteiger partial charge in [0, 0.05) is 0 Å². The van der Waals surface area contributed by atoms with E-state index in [0.717, 1.165) is 24.8 Å². The minimum atomic E-state index is -0.837. The summed E-state index contributed by atoms with van der Waals surface area (Å²) in [5.41, 5.74) is -0.188. The Balaban J connectivity index is 1.94. The van der Waals surface area contributed by atoms with E-state index in [0.29, 0.717) is 0 Å². The molecule has 0 aromatic heterocycles. The van der Waals surface area contributed by atoms with Crippen molar-refractivity contribution in [3.63, 3.8) is 0 Å². The highest BCUT2D eigenvalue weighted by molar-refractivity contribution is 5.87. The molecule has 2 fully saturated rings. The van der Waals surface area contributed by atoms with Crippen LogP contribution in [-0.4, -0.2) is 17.7 Å². The maximum Gasteiger partial charge on any atom is 0.346 e. The second-order valence-corrected chi connectivity index (χ2v) is 5.45. The molecule has 1 heterocycles. The Morgan fingerprint density at radius 2 is 1.94 bits per heavy atom. The van der Waals surface area contributed by atoms with E-state index in [1.54, 1.807) is 0 Å². The molecule has 1 aliphatic heterocycles. The first kappa shape index (κ1) is 11.7. The van der Waals surface area contributed by atoms with E-state index < -0.39 is 5.60 Å². The number of esters is 1. The molecule has 1 unspecified atom stereocenters. The minimum absolute atomic E-state index is 0.112. The molecule has 1 aromatic carbocycles. The van der Waals surface area contributed by atoms with Crippen LogP contribution < -0.4 is 0 Å².